The van der Waals surface area contributed by atoms with Crippen LogP contribution in [0.5, 0.6) is 5.75 Å². The van der Waals surface area contributed by atoms with Gasteiger partial charge >= 0.3 is 0 Å². The first-order valence-corrected chi connectivity index (χ1v) is 12.1. The van der Waals surface area contributed by atoms with Gasteiger partial charge in [0.2, 0.25) is 0 Å². The Morgan fingerprint density at radius 1 is 1.06 bits per heavy atom. The van der Waals surface area contributed by atoms with E-state index in [2.05, 4.69) is 26.1 Å². The topological polar surface area (TPSA) is 57.0 Å². The molecule has 162 valence electrons. The van der Waals surface area contributed by atoms with Crippen LogP contribution in [0.25, 0.3) is 17.1 Å². The Labute approximate surface area is 203 Å². The van der Waals surface area contributed by atoms with Gasteiger partial charge in [-0.05, 0) is 55.5 Å². The third-order valence-electron chi connectivity index (χ3n) is 4.60. The molecule has 32 heavy (non-hydrogen) atoms. The summed E-state index contributed by atoms with van der Waals surface area (Å²) in [6.45, 7) is 2.54. The van der Waals surface area contributed by atoms with Crippen molar-refractivity contribution < 1.29 is 9.53 Å². The second-order valence-electron chi connectivity index (χ2n) is 6.80. The fraction of sp³-hybridized carbons (Fsp3) is 0.125. The molecule has 0 saturated heterocycles. The maximum absolute atomic E-state index is 12.7. The normalized spacial score (nSPS) is 10.8. The first kappa shape index (κ1) is 22.6. The Bertz CT molecular complexity index is 1240. The quantitative estimate of drug-likeness (QED) is 0.188. The number of hydrogen-bond donors (Lipinski definition) is 0. The van der Waals surface area contributed by atoms with Gasteiger partial charge in [-0.15, -0.1) is 10.2 Å². The summed E-state index contributed by atoms with van der Waals surface area (Å²) in [6.07, 6.45) is 0. The second kappa shape index (κ2) is 10.3. The Hall–Kier alpha value is -2.61. The molecule has 0 aliphatic heterocycles. The molecule has 5 nitrogen and oxygen atoms in total. The summed E-state index contributed by atoms with van der Waals surface area (Å²) in [5, 5.41) is 10.0. The summed E-state index contributed by atoms with van der Waals surface area (Å²) in [5.74, 6) is 1.69. The molecule has 0 spiro atoms. The summed E-state index contributed by atoms with van der Waals surface area (Å²) in [6, 6.07) is 22.5. The number of aromatic nitrogens is 3. The molecule has 0 aliphatic rings. The van der Waals surface area contributed by atoms with Crippen LogP contribution >= 0.6 is 39.3 Å². The third-order valence-corrected chi connectivity index (χ3v) is 6.26. The zero-order chi connectivity index (χ0) is 22.5. The summed E-state index contributed by atoms with van der Waals surface area (Å²) in [4.78, 5) is 12.7. The van der Waals surface area contributed by atoms with Gasteiger partial charge in [0, 0.05) is 26.3 Å². The lowest BCUT2D eigenvalue weighted by molar-refractivity contribution is 0.102. The molecule has 0 bridgehead atoms. The summed E-state index contributed by atoms with van der Waals surface area (Å²) in [7, 11) is 0. The van der Waals surface area contributed by atoms with E-state index in [0.29, 0.717) is 28.2 Å². The number of ether oxygens (including phenoxy) is 1. The molecule has 3 aromatic carbocycles. The molecule has 0 saturated carbocycles. The second-order valence-corrected chi connectivity index (χ2v) is 9.10. The average Bonchev–Trinajstić information content (AvgIpc) is 3.22. The van der Waals surface area contributed by atoms with Gasteiger partial charge < -0.3 is 4.74 Å². The van der Waals surface area contributed by atoms with E-state index >= 15 is 0 Å². The molecule has 1 aromatic heterocycles. The van der Waals surface area contributed by atoms with Crippen molar-refractivity contribution in [3.8, 4) is 22.8 Å². The minimum atomic E-state index is 0.0156. The standard InChI is InChI=1S/C24H19BrClN3O2S/c1-2-31-21-11-9-20(10-12-21)29-23(17-6-4-8-19(26)14-17)27-28-24(29)32-15-22(30)16-5-3-7-18(25)13-16/h3-14H,2,15H2,1H3. The highest BCUT2D eigenvalue weighted by Crippen LogP contribution is 2.30. The van der Waals surface area contributed by atoms with E-state index in [1.807, 2.05) is 84.3 Å². The van der Waals surface area contributed by atoms with E-state index in [0.717, 1.165) is 21.5 Å². The Balaban J connectivity index is 1.68. The van der Waals surface area contributed by atoms with Crippen molar-refractivity contribution >= 4 is 45.1 Å². The summed E-state index contributed by atoms with van der Waals surface area (Å²) >= 11 is 11.0. The van der Waals surface area contributed by atoms with E-state index in [4.69, 9.17) is 16.3 Å². The molecule has 0 aliphatic carbocycles. The number of thioether (sulfide) groups is 1. The molecule has 0 N–H and O–H groups in total. The van der Waals surface area contributed by atoms with Crippen molar-refractivity contribution in [2.45, 2.75) is 12.1 Å². The Kier molecular flexibility index (Phi) is 7.29. The lowest BCUT2D eigenvalue weighted by Gasteiger charge is -2.11. The van der Waals surface area contributed by atoms with Crippen molar-refractivity contribution in [3.05, 3.63) is 87.9 Å². The molecule has 0 unspecified atom stereocenters. The van der Waals surface area contributed by atoms with Gasteiger partial charge in [-0.2, -0.15) is 0 Å². The molecular weight excluding hydrogens is 510 g/mol. The number of rotatable bonds is 8. The van der Waals surface area contributed by atoms with Crippen molar-refractivity contribution in [1.82, 2.24) is 14.8 Å². The van der Waals surface area contributed by atoms with Gasteiger partial charge in [0.1, 0.15) is 5.75 Å². The highest BCUT2D eigenvalue weighted by Gasteiger charge is 2.18. The van der Waals surface area contributed by atoms with Crippen LogP contribution in [-0.4, -0.2) is 32.9 Å². The number of carbonyl (C=O) groups is 1. The van der Waals surface area contributed by atoms with E-state index in [1.165, 1.54) is 11.8 Å². The molecule has 8 heteroatoms. The van der Waals surface area contributed by atoms with E-state index in [1.54, 1.807) is 0 Å². The largest absolute Gasteiger partial charge is 0.494 e. The molecular formula is C24H19BrClN3O2S. The van der Waals surface area contributed by atoms with Crippen molar-refractivity contribution in [1.29, 1.82) is 0 Å². The minimum Gasteiger partial charge on any atom is -0.494 e. The van der Waals surface area contributed by atoms with Crippen LogP contribution in [0.2, 0.25) is 5.02 Å². The van der Waals surface area contributed by atoms with Crippen LogP contribution in [0.4, 0.5) is 0 Å². The van der Waals surface area contributed by atoms with Crippen LogP contribution in [0.1, 0.15) is 17.3 Å². The smallest absolute Gasteiger partial charge is 0.196 e. The molecule has 4 aromatic rings. The number of nitrogens with zero attached hydrogens (tertiary/aromatic N) is 3. The Morgan fingerprint density at radius 2 is 1.84 bits per heavy atom. The van der Waals surface area contributed by atoms with E-state index < -0.39 is 0 Å². The SMILES string of the molecule is CCOc1ccc(-n2c(SCC(=O)c3cccc(Br)c3)nnc2-c2cccc(Cl)c2)cc1. The van der Waals surface area contributed by atoms with E-state index in [-0.39, 0.29) is 11.5 Å². The summed E-state index contributed by atoms with van der Waals surface area (Å²) < 4.78 is 8.37. The van der Waals surface area contributed by atoms with Gasteiger partial charge in [-0.1, -0.05) is 63.6 Å². The van der Waals surface area contributed by atoms with Gasteiger partial charge in [0.05, 0.1) is 12.4 Å². The van der Waals surface area contributed by atoms with Crippen LogP contribution < -0.4 is 4.74 Å². The van der Waals surface area contributed by atoms with Gasteiger partial charge in [-0.25, -0.2) is 0 Å². The van der Waals surface area contributed by atoms with Gasteiger partial charge in [0.15, 0.2) is 16.8 Å². The molecule has 0 radical (unpaired) electrons. The number of carbonyl (C=O) groups excluding carboxylic acids is 1. The third kappa shape index (κ3) is 5.23. The maximum atomic E-state index is 12.7. The van der Waals surface area contributed by atoms with Gasteiger partial charge in [0.25, 0.3) is 0 Å². The zero-order valence-corrected chi connectivity index (χ0v) is 20.3. The first-order chi connectivity index (χ1) is 15.5. The van der Waals surface area contributed by atoms with E-state index in [9.17, 15) is 4.79 Å². The highest BCUT2D eigenvalue weighted by molar-refractivity contribution is 9.10. The van der Waals surface area contributed by atoms with Crippen LogP contribution in [0.15, 0.2) is 82.4 Å². The number of halogens is 2. The van der Waals surface area contributed by atoms with Crippen LogP contribution in [0, 0.1) is 0 Å². The highest BCUT2D eigenvalue weighted by atomic mass is 79.9. The predicted molar refractivity (Wildman–Crippen MR) is 132 cm³/mol. The average molecular weight is 529 g/mol. The van der Waals surface area contributed by atoms with Crippen LogP contribution in [-0.2, 0) is 0 Å². The lowest BCUT2D eigenvalue weighted by Crippen LogP contribution is -2.05. The molecule has 0 atom stereocenters. The molecule has 0 amide bonds. The summed E-state index contributed by atoms with van der Waals surface area (Å²) in [5.41, 5.74) is 2.35. The molecule has 0 fully saturated rings. The van der Waals surface area contributed by atoms with Crippen molar-refractivity contribution in [2.75, 3.05) is 12.4 Å². The fourth-order valence-corrected chi connectivity index (χ4v) is 4.58. The molecule has 4 rings (SSSR count). The number of benzene rings is 3. The zero-order valence-electron chi connectivity index (χ0n) is 17.2. The number of Topliss-reactive ketones (excluding diaryl/α,β-unsaturated/α-hetero) is 1. The lowest BCUT2D eigenvalue weighted by atomic mass is 10.2. The van der Waals surface area contributed by atoms with Gasteiger partial charge in [-0.3, -0.25) is 9.36 Å². The first-order valence-electron chi connectivity index (χ1n) is 9.91. The fourth-order valence-electron chi connectivity index (χ4n) is 3.14. The van der Waals surface area contributed by atoms with Crippen molar-refractivity contribution in [3.63, 3.8) is 0 Å². The minimum absolute atomic E-state index is 0.0156. The number of ketones is 1. The monoisotopic (exact) mass is 527 g/mol. The van der Waals surface area contributed by atoms with Crippen LogP contribution in [0.3, 0.4) is 0 Å². The Morgan fingerprint density at radius 3 is 2.56 bits per heavy atom. The van der Waals surface area contributed by atoms with Crippen molar-refractivity contribution in [2.24, 2.45) is 0 Å². The molecule has 1 heterocycles. The predicted octanol–water partition coefficient (Wildman–Crippen LogP) is 6.72. The maximum Gasteiger partial charge on any atom is 0.196 e. The number of hydrogen-bond acceptors (Lipinski definition) is 5.